The number of hydrogen-bond donors (Lipinski definition) is 2. The van der Waals surface area contributed by atoms with Crippen molar-refractivity contribution in [2.45, 2.75) is 19.3 Å². The smallest absolute Gasteiger partial charge is 0.224 e. The van der Waals surface area contributed by atoms with Crippen LogP contribution in [0.2, 0.25) is 0 Å². The molecule has 3 nitrogen and oxygen atoms in total. The molecular formula is C13H18ClFN2O. The Bertz CT molecular complexity index is 394. The van der Waals surface area contributed by atoms with Crippen LogP contribution in [0, 0.1) is 11.7 Å². The molecule has 1 fully saturated rings. The van der Waals surface area contributed by atoms with Crippen molar-refractivity contribution in [3.8, 4) is 0 Å². The van der Waals surface area contributed by atoms with Crippen LogP contribution in [0.3, 0.4) is 0 Å². The number of carbonyl (C=O) groups excluding carboxylic acids is 1. The van der Waals surface area contributed by atoms with Gasteiger partial charge in [-0.1, -0.05) is 6.07 Å². The number of nitrogens with one attached hydrogen (secondary N) is 2. The van der Waals surface area contributed by atoms with E-state index in [0.717, 1.165) is 25.9 Å². The molecule has 5 heteroatoms. The largest absolute Gasteiger partial charge is 0.326 e. The lowest BCUT2D eigenvalue weighted by Gasteiger charge is -2.21. The number of hydrogen-bond acceptors (Lipinski definition) is 2. The quantitative estimate of drug-likeness (QED) is 0.888. The lowest BCUT2D eigenvalue weighted by Crippen LogP contribution is -2.30. The fraction of sp³-hybridized carbons (Fsp3) is 0.462. The summed E-state index contributed by atoms with van der Waals surface area (Å²) < 4.78 is 12.9. The molecule has 1 aromatic carbocycles. The zero-order valence-corrected chi connectivity index (χ0v) is 10.9. The Morgan fingerprint density at radius 2 is 2.11 bits per heavy atom. The Labute approximate surface area is 113 Å². The molecule has 1 aromatic rings. The van der Waals surface area contributed by atoms with Crippen molar-refractivity contribution in [1.82, 2.24) is 5.32 Å². The maximum absolute atomic E-state index is 12.9. The second-order valence-electron chi connectivity index (χ2n) is 4.46. The standard InChI is InChI=1S/C13H17FN2O.ClH/c14-11-2-1-3-12(9-11)16-13(17)8-10-4-6-15-7-5-10;/h1-3,9-10,15H,4-8H2,(H,16,17);1H. The maximum Gasteiger partial charge on any atom is 0.224 e. The van der Waals surface area contributed by atoms with Gasteiger partial charge >= 0.3 is 0 Å². The molecule has 0 bridgehead atoms. The molecule has 0 atom stereocenters. The predicted octanol–water partition coefficient (Wildman–Crippen LogP) is 2.58. The van der Waals surface area contributed by atoms with Crippen molar-refractivity contribution in [3.63, 3.8) is 0 Å². The van der Waals surface area contributed by atoms with E-state index in [1.165, 1.54) is 12.1 Å². The van der Waals surface area contributed by atoms with Crippen molar-refractivity contribution in [2.75, 3.05) is 18.4 Å². The molecule has 1 heterocycles. The number of rotatable bonds is 3. The molecule has 0 aromatic heterocycles. The summed E-state index contributed by atoms with van der Waals surface area (Å²) in [6, 6.07) is 5.99. The van der Waals surface area contributed by atoms with Gasteiger partial charge in [0.1, 0.15) is 5.82 Å². The van der Waals surface area contributed by atoms with Crippen molar-refractivity contribution in [2.24, 2.45) is 5.92 Å². The molecule has 0 spiro atoms. The van der Waals surface area contributed by atoms with E-state index in [2.05, 4.69) is 10.6 Å². The molecule has 2 rings (SSSR count). The van der Waals surface area contributed by atoms with Gasteiger partial charge in [-0.3, -0.25) is 4.79 Å². The highest BCUT2D eigenvalue weighted by Gasteiger charge is 2.16. The molecule has 0 radical (unpaired) electrons. The zero-order valence-electron chi connectivity index (χ0n) is 10.1. The molecule has 1 saturated heterocycles. The summed E-state index contributed by atoms with van der Waals surface area (Å²) in [5, 5.41) is 5.99. The van der Waals surface area contributed by atoms with Crippen LogP contribution in [0.15, 0.2) is 24.3 Å². The molecule has 1 aliphatic rings. The van der Waals surface area contributed by atoms with Crippen molar-refractivity contribution < 1.29 is 9.18 Å². The van der Waals surface area contributed by atoms with Crippen LogP contribution >= 0.6 is 12.4 Å². The minimum absolute atomic E-state index is 0. The molecule has 2 N–H and O–H groups in total. The topological polar surface area (TPSA) is 41.1 Å². The summed E-state index contributed by atoms with van der Waals surface area (Å²) in [6.07, 6.45) is 2.60. The van der Waals surface area contributed by atoms with Crippen LogP contribution in [0.25, 0.3) is 0 Å². The lowest BCUT2D eigenvalue weighted by atomic mass is 9.94. The van der Waals surface area contributed by atoms with E-state index >= 15 is 0 Å². The van der Waals surface area contributed by atoms with Crippen molar-refractivity contribution in [1.29, 1.82) is 0 Å². The second kappa shape index (κ2) is 7.34. The zero-order chi connectivity index (χ0) is 12.1. The highest BCUT2D eigenvalue weighted by atomic mass is 35.5. The van der Waals surface area contributed by atoms with E-state index in [9.17, 15) is 9.18 Å². The normalized spacial score (nSPS) is 15.8. The first-order valence-electron chi connectivity index (χ1n) is 6.00. The van der Waals surface area contributed by atoms with Gasteiger partial charge in [0.25, 0.3) is 0 Å². The lowest BCUT2D eigenvalue weighted by molar-refractivity contribution is -0.117. The Morgan fingerprint density at radius 3 is 2.78 bits per heavy atom. The van der Waals surface area contributed by atoms with Gasteiger partial charge in [-0.2, -0.15) is 0 Å². The summed E-state index contributed by atoms with van der Waals surface area (Å²) in [5.74, 6) is 0.0944. The van der Waals surface area contributed by atoms with E-state index < -0.39 is 0 Å². The summed E-state index contributed by atoms with van der Waals surface area (Å²) in [5.41, 5.74) is 0.531. The van der Waals surface area contributed by atoms with Crippen LogP contribution in [-0.2, 0) is 4.79 Å². The maximum atomic E-state index is 12.9. The second-order valence-corrected chi connectivity index (χ2v) is 4.46. The highest BCUT2D eigenvalue weighted by Crippen LogP contribution is 2.17. The van der Waals surface area contributed by atoms with E-state index in [0.29, 0.717) is 18.0 Å². The molecule has 0 saturated carbocycles. The third-order valence-corrected chi connectivity index (χ3v) is 3.04. The Balaban J connectivity index is 0.00000162. The van der Waals surface area contributed by atoms with E-state index in [-0.39, 0.29) is 24.1 Å². The van der Waals surface area contributed by atoms with Gasteiger partial charge in [0, 0.05) is 12.1 Å². The Hall–Kier alpha value is -1.13. The third-order valence-electron chi connectivity index (χ3n) is 3.04. The minimum Gasteiger partial charge on any atom is -0.326 e. The monoisotopic (exact) mass is 272 g/mol. The SMILES string of the molecule is Cl.O=C(CC1CCNCC1)Nc1cccc(F)c1. The Kier molecular flexibility index (Phi) is 6.09. The van der Waals surface area contributed by atoms with Crippen LogP contribution < -0.4 is 10.6 Å². The first-order chi connectivity index (χ1) is 8.24. The minimum atomic E-state index is -0.329. The summed E-state index contributed by atoms with van der Waals surface area (Å²) in [6.45, 7) is 1.97. The van der Waals surface area contributed by atoms with Gasteiger partial charge in [0.15, 0.2) is 0 Å². The van der Waals surface area contributed by atoms with Gasteiger partial charge in [-0.05, 0) is 50.0 Å². The summed E-state index contributed by atoms with van der Waals surface area (Å²) >= 11 is 0. The molecular weight excluding hydrogens is 255 g/mol. The van der Waals surface area contributed by atoms with Crippen molar-refractivity contribution >= 4 is 24.0 Å². The van der Waals surface area contributed by atoms with Gasteiger partial charge < -0.3 is 10.6 Å². The summed E-state index contributed by atoms with van der Waals surface area (Å²) in [4.78, 5) is 11.7. The number of amides is 1. The number of anilines is 1. The average molecular weight is 273 g/mol. The van der Waals surface area contributed by atoms with Crippen LogP contribution in [-0.4, -0.2) is 19.0 Å². The van der Waals surface area contributed by atoms with Gasteiger partial charge in [0.05, 0.1) is 0 Å². The number of carbonyl (C=O) groups is 1. The predicted molar refractivity (Wildman–Crippen MR) is 72.5 cm³/mol. The Morgan fingerprint density at radius 1 is 1.39 bits per heavy atom. The number of benzene rings is 1. The molecule has 18 heavy (non-hydrogen) atoms. The van der Waals surface area contributed by atoms with Crippen molar-refractivity contribution in [3.05, 3.63) is 30.1 Å². The fourth-order valence-electron chi connectivity index (χ4n) is 2.13. The van der Waals surface area contributed by atoms with E-state index in [4.69, 9.17) is 0 Å². The molecule has 1 aliphatic heterocycles. The average Bonchev–Trinajstić information content (AvgIpc) is 2.30. The fourth-order valence-corrected chi connectivity index (χ4v) is 2.13. The number of piperidine rings is 1. The van der Waals surface area contributed by atoms with E-state index in [1.54, 1.807) is 12.1 Å². The third kappa shape index (κ3) is 4.63. The van der Waals surface area contributed by atoms with E-state index in [1.807, 2.05) is 0 Å². The van der Waals surface area contributed by atoms with Crippen LogP contribution in [0.5, 0.6) is 0 Å². The van der Waals surface area contributed by atoms with Gasteiger partial charge in [0.2, 0.25) is 5.91 Å². The van der Waals surface area contributed by atoms with Crippen LogP contribution in [0.1, 0.15) is 19.3 Å². The van der Waals surface area contributed by atoms with Gasteiger partial charge in [-0.15, -0.1) is 12.4 Å². The van der Waals surface area contributed by atoms with Gasteiger partial charge in [-0.25, -0.2) is 4.39 Å². The highest BCUT2D eigenvalue weighted by molar-refractivity contribution is 5.90. The molecule has 0 aliphatic carbocycles. The first kappa shape index (κ1) is 14.9. The molecule has 0 unspecified atom stereocenters. The van der Waals surface area contributed by atoms with Crippen LogP contribution in [0.4, 0.5) is 10.1 Å². The summed E-state index contributed by atoms with van der Waals surface area (Å²) in [7, 11) is 0. The molecule has 1 amide bonds. The number of halogens is 2. The molecule has 100 valence electrons. The first-order valence-corrected chi connectivity index (χ1v) is 6.00.